The highest BCUT2D eigenvalue weighted by Gasteiger charge is 2.21. The number of halogens is 2. The topological polar surface area (TPSA) is 54.0 Å². The van der Waals surface area contributed by atoms with Gasteiger partial charge in [-0.1, -0.05) is 23.2 Å². The molecule has 5 nitrogen and oxygen atoms in total. The van der Waals surface area contributed by atoms with Gasteiger partial charge >= 0.3 is 5.97 Å². The van der Waals surface area contributed by atoms with Crippen molar-refractivity contribution in [3.05, 3.63) is 57.1 Å². The monoisotopic (exact) mass is 396 g/mol. The number of aryl methyl sites for hydroxylation is 1. The van der Waals surface area contributed by atoms with Crippen LogP contribution in [0.15, 0.2) is 30.3 Å². The van der Waals surface area contributed by atoms with E-state index in [1.807, 2.05) is 6.92 Å². The van der Waals surface area contributed by atoms with Crippen LogP contribution in [0.4, 0.5) is 0 Å². The van der Waals surface area contributed by atoms with E-state index in [0.29, 0.717) is 33.7 Å². The number of benzene rings is 2. The van der Waals surface area contributed by atoms with Gasteiger partial charge in [0.15, 0.2) is 12.9 Å². The summed E-state index contributed by atoms with van der Waals surface area (Å²) < 4.78 is 21.8. The Bertz CT molecular complexity index is 822. The normalized spacial score (nSPS) is 14.2. The second-order valence-corrected chi connectivity index (χ2v) is 6.81. The molecule has 1 heterocycles. The number of hydrogen-bond acceptors (Lipinski definition) is 5. The lowest BCUT2D eigenvalue weighted by Gasteiger charge is -2.21. The molecule has 1 atom stereocenters. The fourth-order valence-corrected chi connectivity index (χ4v) is 3.10. The molecule has 0 saturated carbocycles. The summed E-state index contributed by atoms with van der Waals surface area (Å²) >= 11 is 12.0. The Kier molecular flexibility index (Phi) is 5.91. The van der Waals surface area contributed by atoms with Crippen LogP contribution in [0, 0.1) is 6.92 Å². The number of hydrogen-bond donors (Lipinski definition) is 0. The number of carbonyl (C=O) groups excluding carboxylic acids is 1. The van der Waals surface area contributed by atoms with Crippen molar-refractivity contribution in [3.63, 3.8) is 0 Å². The zero-order valence-corrected chi connectivity index (χ0v) is 15.9. The van der Waals surface area contributed by atoms with Gasteiger partial charge < -0.3 is 18.9 Å². The Hall–Kier alpha value is -1.95. The maximum absolute atomic E-state index is 12.3. The standard InChI is InChI=1S/C19H18Cl2O5/c1-11-5-15(20)3-4-17(11)26-12(2)19(22)24-9-14-7-16(21)6-13-8-23-10-25-18(13)14/h3-7,12H,8-10H2,1-2H3. The molecule has 1 unspecified atom stereocenters. The first-order valence-electron chi connectivity index (χ1n) is 8.05. The summed E-state index contributed by atoms with van der Waals surface area (Å²) in [6, 6.07) is 8.69. The Morgan fingerprint density at radius 3 is 2.81 bits per heavy atom. The second-order valence-electron chi connectivity index (χ2n) is 5.94. The summed E-state index contributed by atoms with van der Waals surface area (Å²) in [5.74, 6) is 0.746. The van der Waals surface area contributed by atoms with Crippen molar-refractivity contribution in [2.45, 2.75) is 33.2 Å². The van der Waals surface area contributed by atoms with Crippen LogP contribution in [0.25, 0.3) is 0 Å². The van der Waals surface area contributed by atoms with Gasteiger partial charge in [0.2, 0.25) is 0 Å². The molecule has 2 aromatic carbocycles. The highest BCUT2D eigenvalue weighted by Crippen LogP contribution is 2.32. The average Bonchev–Trinajstić information content (AvgIpc) is 2.61. The van der Waals surface area contributed by atoms with E-state index < -0.39 is 12.1 Å². The van der Waals surface area contributed by atoms with E-state index in [9.17, 15) is 4.79 Å². The van der Waals surface area contributed by atoms with Gasteiger partial charge in [-0.3, -0.25) is 0 Å². The lowest BCUT2D eigenvalue weighted by Crippen LogP contribution is -2.26. The molecule has 2 aromatic rings. The van der Waals surface area contributed by atoms with E-state index in [1.54, 1.807) is 37.3 Å². The van der Waals surface area contributed by atoms with Crippen LogP contribution in [-0.2, 0) is 27.5 Å². The van der Waals surface area contributed by atoms with Crippen LogP contribution < -0.4 is 9.47 Å². The summed E-state index contributed by atoms with van der Waals surface area (Å²) in [5, 5.41) is 1.14. The fourth-order valence-electron chi connectivity index (χ4n) is 2.61. The molecular formula is C19H18Cl2O5. The van der Waals surface area contributed by atoms with Crippen molar-refractivity contribution >= 4 is 29.2 Å². The Morgan fingerprint density at radius 1 is 1.23 bits per heavy atom. The minimum atomic E-state index is -0.769. The van der Waals surface area contributed by atoms with E-state index in [4.69, 9.17) is 42.1 Å². The molecule has 0 aromatic heterocycles. The molecule has 0 amide bonds. The van der Waals surface area contributed by atoms with Gasteiger partial charge in [0.25, 0.3) is 0 Å². The largest absolute Gasteiger partial charge is 0.479 e. The van der Waals surface area contributed by atoms with Crippen molar-refractivity contribution in [2.75, 3.05) is 6.79 Å². The third-order valence-electron chi connectivity index (χ3n) is 3.89. The Balaban J connectivity index is 1.64. The summed E-state index contributed by atoms with van der Waals surface area (Å²) in [5.41, 5.74) is 2.37. The third-order valence-corrected chi connectivity index (χ3v) is 4.35. The first-order chi connectivity index (χ1) is 12.4. The van der Waals surface area contributed by atoms with E-state index in [2.05, 4.69) is 0 Å². The van der Waals surface area contributed by atoms with Crippen LogP contribution in [-0.4, -0.2) is 18.9 Å². The second kappa shape index (κ2) is 8.16. The minimum absolute atomic E-state index is 0.0367. The highest BCUT2D eigenvalue weighted by molar-refractivity contribution is 6.31. The lowest BCUT2D eigenvalue weighted by molar-refractivity contribution is -0.152. The summed E-state index contributed by atoms with van der Waals surface area (Å²) in [6.07, 6.45) is -0.769. The van der Waals surface area contributed by atoms with Gasteiger partial charge in [0, 0.05) is 21.2 Å². The molecule has 0 aliphatic carbocycles. The molecule has 3 rings (SSSR count). The number of esters is 1. The summed E-state index contributed by atoms with van der Waals surface area (Å²) in [6.45, 7) is 4.09. The van der Waals surface area contributed by atoms with Crippen LogP contribution in [0.1, 0.15) is 23.6 Å². The van der Waals surface area contributed by atoms with E-state index in [1.165, 1.54) is 0 Å². The molecule has 0 bridgehead atoms. The molecule has 0 fully saturated rings. The van der Waals surface area contributed by atoms with Gasteiger partial charge in [-0.05, 0) is 49.7 Å². The Morgan fingerprint density at radius 2 is 2.04 bits per heavy atom. The molecule has 0 saturated heterocycles. The van der Waals surface area contributed by atoms with Gasteiger partial charge in [-0.2, -0.15) is 0 Å². The number of fused-ring (bicyclic) bond motifs is 1. The zero-order valence-electron chi connectivity index (χ0n) is 14.4. The molecule has 1 aliphatic heterocycles. The summed E-state index contributed by atoms with van der Waals surface area (Å²) in [7, 11) is 0. The number of rotatable bonds is 5. The zero-order chi connectivity index (χ0) is 18.7. The lowest BCUT2D eigenvalue weighted by atomic mass is 10.1. The van der Waals surface area contributed by atoms with Gasteiger partial charge in [0.05, 0.1) is 6.61 Å². The molecule has 0 spiro atoms. The molecular weight excluding hydrogens is 379 g/mol. The number of ether oxygens (including phenoxy) is 4. The van der Waals surface area contributed by atoms with Crippen molar-refractivity contribution in [1.82, 2.24) is 0 Å². The molecule has 26 heavy (non-hydrogen) atoms. The first kappa shape index (κ1) is 18.8. The third kappa shape index (κ3) is 4.41. The average molecular weight is 397 g/mol. The van der Waals surface area contributed by atoms with Crippen LogP contribution in [0.2, 0.25) is 10.0 Å². The first-order valence-corrected chi connectivity index (χ1v) is 8.81. The van der Waals surface area contributed by atoms with Gasteiger partial charge in [-0.15, -0.1) is 0 Å². The van der Waals surface area contributed by atoms with E-state index >= 15 is 0 Å². The van der Waals surface area contributed by atoms with Crippen LogP contribution in [0.5, 0.6) is 11.5 Å². The van der Waals surface area contributed by atoms with Crippen LogP contribution >= 0.6 is 23.2 Å². The Labute approximate surface area is 161 Å². The highest BCUT2D eigenvalue weighted by atomic mass is 35.5. The molecule has 0 N–H and O–H groups in total. The van der Waals surface area contributed by atoms with Crippen molar-refractivity contribution in [2.24, 2.45) is 0 Å². The SMILES string of the molecule is Cc1cc(Cl)ccc1OC(C)C(=O)OCc1cc(Cl)cc2c1OCOC2. The van der Waals surface area contributed by atoms with Crippen molar-refractivity contribution in [3.8, 4) is 11.5 Å². The van der Waals surface area contributed by atoms with Crippen LogP contribution in [0.3, 0.4) is 0 Å². The predicted octanol–water partition coefficient (Wildman–Crippen LogP) is 4.68. The van der Waals surface area contributed by atoms with E-state index in [-0.39, 0.29) is 13.4 Å². The molecule has 0 radical (unpaired) electrons. The quantitative estimate of drug-likeness (QED) is 0.686. The predicted molar refractivity (Wildman–Crippen MR) is 97.8 cm³/mol. The molecule has 7 heteroatoms. The van der Waals surface area contributed by atoms with Crippen molar-refractivity contribution < 1.29 is 23.7 Å². The maximum Gasteiger partial charge on any atom is 0.347 e. The smallest absolute Gasteiger partial charge is 0.347 e. The fraction of sp³-hybridized carbons (Fsp3) is 0.316. The minimum Gasteiger partial charge on any atom is -0.479 e. The van der Waals surface area contributed by atoms with E-state index in [0.717, 1.165) is 11.1 Å². The summed E-state index contributed by atoms with van der Waals surface area (Å²) in [4.78, 5) is 12.3. The molecule has 138 valence electrons. The van der Waals surface area contributed by atoms with Gasteiger partial charge in [0.1, 0.15) is 18.1 Å². The maximum atomic E-state index is 12.3. The van der Waals surface area contributed by atoms with Gasteiger partial charge in [-0.25, -0.2) is 4.79 Å². The van der Waals surface area contributed by atoms with Crippen molar-refractivity contribution in [1.29, 1.82) is 0 Å². The molecule has 1 aliphatic rings. The number of carbonyl (C=O) groups is 1.